The molecule has 1 fully saturated rings. The van der Waals surface area contributed by atoms with Crippen LogP contribution in [0.4, 0.5) is 0 Å². The van der Waals surface area contributed by atoms with Gasteiger partial charge < -0.3 is 23.7 Å². The molecule has 9 nitrogen and oxygen atoms in total. The van der Waals surface area contributed by atoms with Gasteiger partial charge in [-0.3, -0.25) is 4.79 Å². The Morgan fingerprint density at radius 1 is 1.24 bits per heavy atom. The van der Waals surface area contributed by atoms with Crippen molar-refractivity contribution in [3.63, 3.8) is 0 Å². The van der Waals surface area contributed by atoms with Gasteiger partial charge in [-0.1, -0.05) is 0 Å². The van der Waals surface area contributed by atoms with Crippen molar-refractivity contribution in [3.8, 4) is 17.0 Å². The highest BCUT2D eigenvalue weighted by molar-refractivity contribution is 6.05. The van der Waals surface area contributed by atoms with Gasteiger partial charge in [0.15, 0.2) is 11.7 Å². The van der Waals surface area contributed by atoms with Crippen LogP contribution >= 0.6 is 0 Å². The molecule has 1 amide bonds. The summed E-state index contributed by atoms with van der Waals surface area (Å²) in [5, 5.41) is 11.3. The number of aliphatic hydroxyl groups is 1. The Balaban J connectivity index is 1.43. The number of benzene rings is 1. The van der Waals surface area contributed by atoms with Crippen LogP contribution in [0.15, 0.2) is 41.3 Å². The van der Waals surface area contributed by atoms with E-state index in [1.807, 2.05) is 47.8 Å². The fraction of sp³-hybridized carbons (Fsp3) is 0.429. The van der Waals surface area contributed by atoms with E-state index in [1.54, 1.807) is 33.4 Å². The average Bonchev–Trinajstić information content (AvgIpc) is 3.44. The quantitative estimate of drug-likeness (QED) is 0.419. The van der Waals surface area contributed by atoms with E-state index in [4.69, 9.17) is 9.15 Å². The van der Waals surface area contributed by atoms with Gasteiger partial charge in [-0.2, -0.15) is 0 Å². The number of aryl methyl sites for hydroxylation is 2. The highest BCUT2D eigenvalue weighted by atomic mass is 16.5. The van der Waals surface area contributed by atoms with E-state index in [0.29, 0.717) is 47.7 Å². The number of nitrogens with zero attached hydrogens (tertiary/aromatic N) is 5. The first-order valence-corrected chi connectivity index (χ1v) is 12.6. The van der Waals surface area contributed by atoms with E-state index in [1.165, 1.54) is 0 Å². The Morgan fingerprint density at radius 2 is 2.00 bits per heavy atom. The molecule has 0 spiro atoms. The van der Waals surface area contributed by atoms with Crippen molar-refractivity contribution in [2.75, 3.05) is 20.2 Å². The number of fused-ring (bicyclic) bond motifs is 1. The molecular formula is C28H33N5O4. The number of aromatic nitrogens is 4. The number of piperidine rings is 1. The summed E-state index contributed by atoms with van der Waals surface area (Å²) < 4.78 is 13.0. The first-order chi connectivity index (χ1) is 17.6. The van der Waals surface area contributed by atoms with Crippen molar-refractivity contribution >= 4 is 16.8 Å². The maximum absolute atomic E-state index is 13.7. The van der Waals surface area contributed by atoms with Gasteiger partial charge in [0, 0.05) is 56.5 Å². The van der Waals surface area contributed by atoms with Gasteiger partial charge in [0.1, 0.15) is 17.6 Å². The zero-order valence-corrected chi connectivity index (χ0v) is 22.0. The third-order valence-corrected chi connectivity index (χ3v) is 7.09. The Labute approximate surface area is 216 Å². The lowest BCUT2D eigenvalue weighted by molar-refractivity contribution is 0.0681. The molecule has 1 saturated heterocycles. The van der Waals surface area contributed by atoms with Crippen LogP contribution in [0.1, 0.15) is 54.5 Å². The minimum absolute atomic E-state index is 0.0378. The lowest BCUT2D eigenvalue weighted by Gasteiger charge is -2.32. The summed E-state index contributed by atoms with van der Waals surface area (Å²) in [5.41, 5.74) is 2.82. The lowest BCUT2D eigenvalue weighted by atomic mass is 9.92. The fourth-order valence-electron chi connectivity index (χ4n) is 5.06. The predicted octanol–water partition coefficient (Wildman–Crippen LogP) is 4.26. The molecule has 0 bridgehead atoms. The lowest BCUT2D eigenvalue weighted by Crippen LogP contribution is -2.39. The van der Waals surface area contributed by atoms with Gasteiger partial charge in [-0.05, 0) is 51.2 Å². The van der Waals surface area contributed by atoms with E-state index in [2.05, 4.69) is 15.0 Å². The van der Waals surface area contributed by atoms with Crippen LogP contribution in [0.3, 0.4) is 0 Å². The minimum Gasteiger partial charge on any atom is -0.496 e. The number of ether oxygens (including phenoxy) is 1. The van der Waals surface area contributed by atoms with Crippen LogP contribution in [0.2, 0.25) is 0 Å². The number of oxazole rings is 1. The Kier molecular flexibility index (Phi) is 6.49. The third-order valence-electron chi connectivity index (χ3n) is 7.09. The summed E-state index contributed by atoms with van der Waals surface area (Å²) in [4.78, 5) is 28.9. The van der Waals surface area contributed by atoms with Crippen LogP contribution < -0.4 is 4.74 Å². The SMILES string of the molecule is COc1cc2c(cc1C(=O)N1CCC(Cc3coc(C)n3)CC1)c(-c1ccnc(C(C)(C)O)n1)cn2C. The number of carbonyl (C=O) groups excluding carboxylic acids is 1. The van der Waals surface area contributed by atoms with Gasteiger partial charge in [-0.15, -0.1) is 0 Å². The Hall–Kier alpha value is -3.72. The zero-order chi connectivity index (χ0) is 26.3. The second-order valence-electron chi connectivity index (χ2n) is 10.3. The van der Waals surface area contributed by atoms with Gasteiger partial charge in [-0.25, -0.2) is 15.0 Å². The standard InChI is InChI=1S/C28H33N5O4/c1-17-30-19(16-37-17)12-18-7-10-33(11-8-18)26(34)21-13-20-22(15-32(4)24(20)14-25(21)36-5)23-6-9-29-27(31-23)28(2,3)35/h6,9,13-16,18,35H,7-8,10-12H2,1-5H3. The number of hydrogen-bond acceptors (Lipinski definition) is 7. The van der Waals surface area contributed by atoms with Crippen molar-refractivity contribution in [1.82, 2.24) is 24.4 Å². The summed E-state index contributed by atoms with van der Waals surface area (Å²) in [6.07, 6.45) is 8.06. The molecule has 0 atom stereocenters. The molecule has 1 aromatic carbocycles. The molecule has 37 heavy (non-hydrogen) atoms. The van der Waals surface area contributed by atoms with Crippen LogP contribution in [-0.2, 0) is 19.1 Å². The monoisotopic (exact) mass is 503 g/mol. The van der Waals surface area contributed by atoms with E-state index >= 15 is 0 Å². The molecule has 0 unspecified atom stereocenters. The van der Waals surface area contributed by atoms with Gasteiger partial charge in [0.2, 0.25) is 0 Å². The van der Waals surface area contributed by atoms with E-state index in [-0.39, 0.29) is 5.91 Å². The molecule has 0 aliphatic carbocycles. The molecule has 1 aliphatic rings. The molecule has 0 saturated carbocycles. The highest BCUT2D eigenvalue weighted by Gasteiger charge is 2.28. The average molecular weight is 504 g/mol. The van der Waals surface area contributed by atoms with E-state index in [9.17, 15) is 9.90 Å². The molecule has 4 heterocycles. The van der Waals surface area contributed by atoms with Gasteiger partial charge in [0.25, 0.3) is 5.91 Å². The molecule has 5 rings (SSSR count). The number of methoxy groups -OCH3 is 1. The van der Waals surface area contributed by atoms with Crippen molar-refractivity contribution in [2.24, 2.45) is 13.0 Å². The molecule has 1 aliphatic heterocycles. The third kappa shape index (κ3) is 4.96. The van der Waals surface area contributed by atoms with Gasteiger partial charge >= 0.3 is 0 Å². The van der Waals surface area contributed by atoms with Crippen LogP contribution in [0, 0.1) is 12.8 Å². The summed E-state index contributed by atoms with van der Waals surface area (Å²) in [6.45, 7) is 6.54. The number of rotatable bonds is 6. The maximum Gasteiger partial charge on any atom is 0.257 e. The maximum atomic E-state index is 13.7. The number of amides is 1. The van der Waals surface area contributed by atoms with Crippen LogP contribution in [0.25, 0.3) is 22.2 Å². The largest absolute Gasteiger partial charge is 0.496 e. The topological polar surface area (TPSA) is 107 Å². The Morgan fingerprint density at radius 3 is 2.65 bits per heavy atom. The predicted molar refractivity (Wildman–Crippen MR) is 139 cm³/mol. The fourth-order valence-corrected chi connectivity index (χ4v) is 5.06. The summed E-state index contributed by atoms with van der Waals surface area (Å²) in [5.74, 6) is 2.01. The summed E-state index contributed by atoms with van der Waals surface area (Å²) >= 11 is 0. The smallest absolute Gasteiger partial charge is 0.257 e. The minimum atomic E-state index is -1.16. The molecule has 1 N–H and O–H groups in total. The van der Waals surface area contributed by atoms with Crippen molar-refractivity contribution in [1.29, 1.82) is 0 Å². The second kappa shape index (κ2) is 9.63. The normalized spacial score (nSPS) is 14.9. The van der Waals surface area contributed by atoms with E-state index in [0.717, 1.165) is 41.4 Å². The first-order valence-electron chi connectivity index (χ1n) is 12.6. The van der Waals surface area contributed by atoms with E-state index < -0.39 is 5.60 Å². The highest BCUT2D eigenvalue weighted by Crippen LogP contribution is 2.35. The summed E-state index contributed by atoms with van der Waals surface area (Å²) in [6, 6.07) is 5.63. The number of carbonyl (C=O) groups is 1. The van der Waals surface area contributed by atoms with Gasteiger partial charge in [0.05, 0.1) is 29.6 Å². The zero-order valence-electron chi connectivity index (χ0n) is 22.0. The molecule has 3 aromatic heterocycles. The van der Waals surface area contributed by atoms with Crippen molar-refractivity contribution < 1.29 is 19.1 Å². The molecule has 9 heteroatoms. The number of hydrogen-bond donors (Lipinski definition) is 1. The molecule has 0 radical (unpaired) electrons. The van der Waals surface area contributed by atoms with Crippen LogP contribution in [0.5, 0.6) is 5.75 Å². The molecule has 194 valence electrons. The van der Waals surface area contributed by atoms with Crippen LogP contribution in [-0.4, -0.2) is 55.6 Å². The molecule has 4 aromatic rings. The van der Waals surface area contributed by atoms with Crippen molar-refractivity contribution in [3.05, 3.63) is 59.8 Å². The second-order valence-corrected chi connectivity index (χ2v) is 10.3. The summed E-state index contributed by atoms with van der Waals surface area (Å²) in [7, 11) is 3.54. The first kappa shape index (κ1) is 25.0. The molecular weight excluding hydrogens is 470 g/mol. The Bertz CT molecular complexity index is 1440. The van der Waals surface area contributed by atoms with Crippen molar-refractivity contribution in [2.45, 2.75) is 45.6 Å². The number of likely N-dealkylation sites (tertiary alicyclic amines) is 1.